The Morgan fingerprint density at radius 2 is 1.92 bits per heavy atom. The molecule has 1 saturated carbocycles. The number of carbonyl (C=O) groups excluding carboxylic acids is 1. The Morgan fingerprint density at radius 1 is 1.23 bits per heavy atom. The molecule has 142 valence electrons. The van der Waals surface area contributed by atoms with E-state index >= 15 is 0 Å². The van der Waals surface area contributed by atoms with Crippen LogP contribution < -0.4 is 5.73 Å². The van der Waals surface area contributed by atoms with Crippen molar-refractivity contribution >= 4 is 29.1 Å². The number of aromatic nitrogens is 2. The Balaban J connectivity index is 1.65. The molecule has 1 fully saturated rings. The number of amides is 1. The maximum atomic E-state index is 11.3. The molecule has 0 saturated heterocycles. The summed E-state index contributed by atoms with van der Waals surface area (Å²) in [4.78, 5) is 23.9. The predicted octanol–water partition coefficient (Wildman–Crippen LogP) is 4.31. The molecule has 7 heteroatoms. The highest BCUT2D eigenvalue weighted by atomic mass is 32.1. The number of aryl methyl sites for hydroxylation is 2. The zero-order chi connectivity index (χ0) is 18.8. The molecule has 0 radical (unpaired) electrons. The van der Waals surface area contributed by atoms with Gasteiger partial charge in [-0.2, -0.15) is 0 Å². The molecular weight excluding hydrogens is 364 g/mol. The molecule has 2 aromatic heterocycles. The number of hydrogen-bond donors (Lipinski definition) is 1. The van der Waals surface area contributed by atoms with Crippen LogP contribution in [0.5, 0.6) is 0 Å². The molecule has 1 atom stereocenters. The molecule has 3 rings (SSSR count). The molecule has 1 amide bonds. The molecule has 0 aromatic carbocycles. The number of nitrogens with zero attached hydrogens (tertiary/aromatic N) is 3. The molecule has 2 aromatic rings. The number of thiazole rings is 2. The third-order valence-corrected chi connectivity index (χ3v) is 7.17. The molecule has 1 aliphatic rings. The summed E-state index contributed by atoms with van der Waals surface area (Å²) < 4.78 is 0. The predicted molar refractivity (Wildman–Crippen MR) is 108 cm³/mol. The second-order valence-electron chi connectivity index (χ2n) is 7.45. The molecule has 1 unspecified atom stereocenters. The van der Waals surface area contributed by atoms with Crippen LogP contribution in [0.3, 0.4) is 0 Å². The van der Waals surface area contributed by atoms with Gasteiger partial charge in [0.1, 0.15) is 16.4 Å². The largest absolute Gasteiger partial charge is 0.340 e. The van der Waals surface area contributed by atoms with Gasteiger partial charge in [-0.25, -0.2) is 9.97 Å². The van der Waals surface area contributed by atoms with E-state index in [9.17, 15) is 4.79 Å². The van der Waals surface area contributed by atoms with E-state index in [1.807, 2.05) is 11.8 Å². The van der Waals surface area contributed by atoms with Crippen LogP contribution in [0.25, 0.3) is 11.4 Å². The highest BCUT2D eigenvalue weighted by molar-refractivity contribution is 7.12. The quantitative estimate of drug-likeness (QED) is 0.744. The average Bonchev–Trinajstić information content (AvgIpc) is 3.21. The first-order valence-electron chi connectivity index (χ1n) is 9.28. The van der Waals surface area contributed by atoms with E-state index in [2.05, 4.69) is 31.1 Å². The summed E-state index contributed by atoms with van der Waals surface area (Å²) >= 11 is 3.35. The van der Waals surface area contributed by atoms with E-state index in [0.717, 1.165) is 53.5 Å². The first-order valence-corrected chi connectivity index (χ1v) is 11.0. The van der Waals surface area contributed by atoms with Crippen molar-refractivity contribution in [2.24, 2.45) is 11.7 Å². The smallest absolute Gasteiger partial charge is 0.210 e. The van der Waals surface area contributed by atoms with Crippen molar-refractivity contribution in [3.05, 3.63) is 20.3 Å². The van der Waals surface area contributed by atoms with Gasteiger partial charge < -0.3 is 10.6 Å². The van der Waals surface area contributed by atoms with Gasteiger partial charge in [0.15, 0.2) is 0 Å². The summed E-state index contributed by atoms with van der Waals surface area (Å²) in [5.41, 5.74) is 8.50. The minimum Gasteiger partial charge on any atom is -0.340 e. The van der Waals surface area contributed by atoms with E-state index in [-0.39, 0.29) is 12.1 Å². The van der Waals surface area contributed by atoms with Crippen molar-refractivity contribution in [2.45, 2.75) is 71.5 Å². The fourth-order valence-electron chi connectivity index (χ4n) is 3.91. The van der Waals surface area contributed by atoms with Gasteiger partial charge in [-0.15, -0.1) is 22.7 Å². The van der Waals surface area contributed by atoms with Crippen molar-refractivity contribution < 1.29 is 4.79 Å². The SMILES string of the molecule is Cc1nc(-c2csc(C(N)C3CCC(N(C=O)C(C)C)CC3)n2)c(C)s1. The van der Waals surface area contributed by atoms with Crippen molar-refractivity contribution in [1.82, 2.24) is 14.9 Å². The maximum absolute atomic E-state index is 11.3. The van der Waals surface area contributed by atoms with Crippen molar-refractivity contribution in [3.63, 3.8) is 0 Å². The van der Waals surface area contributed by atoms with Gasteiger partial charge in [-0.05, 0) is 59.3 Å². The lowest BCUT2D eigenvalue weighted by Crippen LogP contribution is -2.42. The molecule has 5 nitrogen and oxygen atoms in total. The second kappa shape index (κ2) is 8.15. The Bertz CT molecular complexity index is 747. The maximum Gasteiger partial charge on any atom is 0.210 e. The van der Waals surface area contributed by atoms with Crippen LogP contribution in [0.2, 0.25) is 0 Å². The normalized spacial score (nSPS) is 21.8. The molecule has 0 spiro atoms. The van der Waals surface area contributed by atoms with Crippen molar-refractivity contribution in [2.75, 3.05) is 0 Å². The Kier molecular flexibility index (Phi) is 6.10. The minimum atomic E-state index is -0.0292. The van der Waals surface area contributed by atoms with Gasteiger partial charge >= 0.3 is 0 Å². The zero-order valence-corrected chi connectivity index (χ0v) is 17.6. The Labute approximate surface area is 163 Å². The first kappa shape index (κ1) is 19.5. The van der Waals surface area contributed by atoms with Crippen LogP contribution in [-0.4, -0.2) is 33.4 Å². The molecule has 1 aliphatic carbocycles. The lowest BCUT2D eigenvalue weighted by molar-refractivity contribution is -0.122. The summed E-state index contributed by atoms with van der Waals surface area (Å²) in [7, 11) is 0. The van der Waals surface area contributed by atoms with Gasteiger partial charge in [-0.3, -0.25) is 4.79 Å². The topological polar surface area (TPSA) is 72.1 Å². The van der Waals surface area contributed by atoms with Crippen LogP contribution in [-0.2, 0) is 4.79 Å². The van der Waals surface area contributed by atoms with Gasteiger partial charge in [-0.1, -0.05) is 0 Å². The second-order valence-corrected chi connectivity index (χ2v) is 9.75. The highest BCUT2D eigenvalue weighted by Gasteiger charge is 2.31. The standard InChI is InChI=1S/C19H28N4OS2/c1-11(2)23(10-24)15-7-5-14(6-8-15)17(20)19-22-16(9-25-19)18-12(3)26-13(4)21-18/h9-11,14-15,17H,5-8,20H2,1-4H3. The van der Waals surface area contributed by atoms with E-state index < -0.39 is 0 Å². The van der Waals surface area contributed by atoms with E-state index in [4.69, 9.17) is 10.7 Å². The lowest BCUT2D eigenvalue weighted by atomic mass is 9.81. The number of rotatable bonds is 6. The van der Waals surface area contributed by atoms with Crippen LogP contribution in [0.15, 0.2) is 5.38 Å². The fraction of sp³-hybridized carbons (Fsp3) is 0.632. The highest BCUT2D eigenvalue weighted by Crippen LogP contribution is 2.37. The summed E-state index contributed by atoms with van der Waals surface area (Å²) in [5, 5.41) is 4.15. The van der Waals surface area contributed by atoms with E-state index in [1.54, 1.807) is 22.7 Å². The van der Waals surface area contributed by atoms with Crippen LogP contribution >= 0.6 is 22.7 Å². The Morgan fingerprint density at radius 3 is 2.46 bits per heavy atom. The molecule has 26 heavy (non-hydrogen) atoms. The van der Waals surface area contributed by atoms with Crippen molar-refractivity contribution in [3.8, 4) is 11.4 Å². The van der Waals surface area contributed by atoms with Gasteiger partial charge in [0.05, 0.1) is 11.0 Å². The lowest BCUT2D eigenvalue weighted by Gasteiger charge is -2.38. The molecule has 0 aliphatic heterocycles. The van der Waals surface area contributed by atoms with Crippen molar-refractivity contribution in [1.29, 1.82) is 0 Å². The van der Waals surface area contributed by atoms with Crippen LogP contribution in [0.4, 0.5) is 0 Å². The molecule has 2 heterocycles. The summed E-state index contributed by atoms with van der Waals surface area (Å²) in [6.07, 6.45) is 5.15. The summed E-state index contributed by atoms with van der Waals surface area (Å²) in [6, 6.07) is 0.580. The van der Waals surface area contributed by atoms with Gasteiger partial charge in [0.25, 0.3) is 0 Å². The Hall–Kier alpha value is -1.31. The van der Waals surface area contributed by atoms with E-state index in [0.29, 0.717) is 12.0 Å². The van der Waals surface area contributed by atoms with Gasteiger partial charge in [0.2, 0.25) is 6.41 Å². The summed E-state index contributed by atoms with van der Waals surface area (Å²) in [5.74, 6) is 0.434. The number of carbonyl (C=O) groups is 1. The average molecular weight is 393 g/mol. The molecular formula is C19H28N4OS2. The van der Waals surface area contributed by atoms with Crippen LogP contribution in [0.1, 0.15) is 60.5 Å². The number of hydrogen-bond acceptors (Lipinski definition) is 6. The molecule has 0 bridgehead atoms. The molecule has 2 N–H and O–H groups in total. The van der Waals surface area contributed by atoms with Gasteiger partial charge in [0, 0.05) is 22.3 Å². The minimum absolute atomic E-state index is 0.0292. The van der Waals surface area contributed by atoms with E-state index in [1.165, 1.54) is 4.88 Å². The number of nitrogens with two attached hydrogens (primary N) is 1. The fourth-order valence-corrected chi connectivity index (χ4v) is 5.63. The first-order chi connectivity index (χ1) is 12.4. The monoisotopic (exact) mass is 392 g/mol. The third kappa shape index (κ3) is 4.00. The summed E-state index contributed by atoms with van der Waals surface area (Å²) in [6.45, 7) is 8.27. The third-order valence-electron chi connectivity index (χ3n) is 5.34. The zero-order valence-electron chi connectivity index (χ0n) is 15.9. The van der Waals surface area contributed by atoms with Crippen LogP contribution in [0, 0.1) is 19.8 Å².